The van der Waals surface area contributed by atoms with E-state index in [4.69, 9.17) is 0 Å². The molecule has 0 aliphatic heterocycles. The summed E-state index contributed by atoms with van der Waals surface area (Å²) in [6, 6.07) is 0. The van der Waals surface area contributed by atoms with E-state index in [-0.39, 0.29) is 0 Å². The van der Waals surface area contributed by atoms with Crippen LogP contribution in [0.5, 0.6) is 0 Å². The van der Waals surface area contributed by atoms with Crippen LogP contribution in [0.15, 0.2) is 12.2 Å². The summed E-state index contributed by atoms with van der Waals surface area (Å²) < 4.78 is 0. The van der Waals surface area contributed by atoms with Gasteiger partial charge in [-0.3, -0.25) is 0 Å². The van der Waals surface area contributed by atoms with E-state index in [1.165, 1.54) is 57.8 Å². The fraction of sp³-hybridized carbons (Fsp3) is 0.882. The number of hydrogen-bond acceptors (Lipinski definition) is 0. The molecule has 0 amide bonds. The molecule has 0 aromatic rings. The van der Waals surface area contributed by atoms with Crippen LogP contribution in [0.3, 0.4) is 0 Å². The number of allylic oxidation sites excluding steroid dienone is 2. The Kier molecular flexibility index (Phi) is 12.0. The Bertz CT molecular complexity index is 165. The molecular weight excluding hydrogens is 204 g/mol. The van der Waals surface area contributed by atoms with E-state index in [0.29, 0.717) is 0 Å². The summed E-state index contributed by atoms with van der Waals surface area (Å²) in [6.45, 7) is 9.14. The molecule has 0 saturated heterocycles. The third kappa shape index (κ3) is 15.7. The number of unbranched alkanes of at least 4 members (excludes halogenated alkanes) is 7. The summed E-state index contributed by atoms with van der Waals surface area (Å²) in [6.07, 6.45) is 17.4. The monoisotopic (exact) mass is 238 g/mol. The standard InChI is InChI=1S/C17H34/c1-16(2)14-12-10-8-6-5-7-9-11-13-15-17(3)4/h12,14,16-17H,5-11,13,15H2,1-4H3/b14-12+. The molecule has 0 aliphatic carbocycles. The van der Waals surface area contributed by atoms with Gasteiger partial charge in [0.25, 0.3) is 0 Å². The maximum atomic E-state index is 2.35. The second-order valence-electron chi connectivity index (χ2n) is 6.12. The van der Waals surface area contributed by atoms with Crippen molar-refractivity contribution in [3.8, 4) is 0 Å². The van der Waals surface area contributed by atoms with Gasteiger partial charge in [0.15, 0.2) is 0 Å². The SMILES string of the molecule is CC(C)/C=C/CCCCCCCCCC(C)C. The molecule has 0 heteroatoms. The van der Waals surface area contributed by atoms with Gasteiger partial charge in [0.1, 0.15) is 0 Å². The van der Waals surface area contributed by atoms with Crippen molar-refractivity contribution in [3.63, 3.8) is 0 Å². The third-order valence-electron chi connectivity index (χ3n) is 3.17. The molecule has 0 nitrogen and oxygen atoms in total. The molecule has 0 bridgehead atoms. The molecule has 0 aliphatic rings. The van der Waals surface area contributed by atoms with Gasteiger partial charge in [0.05, 0.1) is 0 Å². The van der Waals surface area contributed by atoms with Crippen molar-refractivity contribution in [1.29, 1.82) is 0 Å². The van der Waals surface area contributed by atoms with E-state index >= 15 is 0 Å². The summed E-state index contributed by atoms with van der Waals surface area (Å²) in [5.74, 6) is 1.61. The minimum atomic E-state index is 0.718. The molecule has 102 valence electrons. The maximum absolute atomic E-state index is 2.35. The van der Waals surface area contributed by atoms with Gasteiger partial charge < -0.3 is 0 Å². The molecule has 0 heterocycles. The molecule has 0 aromatic heterocycles. The van der Waals surface area contributed by atoms with Crippen LogP contribution >= 0.6 is 0 Å². The highest BCUT2D eigenvalue weighted by Crippen LogP contribution is 2.12. The van der Waals surface area contributed by atoms with Gasteiger partial charge in [-0.05, 0) is 24.7 Å². The van der Waals surface area contributed by atoms with Gasteiger partial charge in [-0.15, -0.1) is 0 Å². The fourth-order valence-corrected chi connectivity index (χ4v) is 2.07. The quantitative estimate of drug-likeness (QED) is 0.290. The van der Waals surface area contributed by atoms with Crippen molar-refractivity contribution >= 4 is 0 Å². The van der Waals surface area contributed by atoms with Crippen LogP contribution < -0.4 is 0 Å². The lowest BCUT2D eigenvalue weighted by Crippen LogP contribution is -1.87. The average molecular weight is 238 g/mol. The molecule has 0 atom stereocenters. The molecule has 0 radical (unpaired) electrons. The summed E-state index contributed by atoms with van der Waals surface area (Å²) >= 11 is 0. The van der Waals surface area contributed by atoms with Gasteiger partial charge in [-0.1, -0.05) is 84.8 Å². The summed E-state index contributed by atoms with van der Waals surface area (Å²) in [5.41, 5.74) is 0. The summed E-state index contributed by atoms with van der Waals surface area (Å²) in [5, 5.41) is 0. The lowest BCUT2D eigenvalue weighted by Gasteiger charge is -2.04. The van der Waals surface area contributed by atoms with Crippen LogP contribution in [0, 0.1) is 11.8 Å². The zero-order valence-electron chi connectivity index (χ0n) is 12.7. The molecule has 17 heavy (non-hydrogen) atoms. The van der Waals surface area contributed by atoms with E-state index in [2.05, 4.69) is 39.8 Å². The van der Waals surface area contributed by atoms with Crippen LogP contribution in [-0.4, -0.2) is 0 Å². The highest BCUT2D eigenvalue weighted by Gasteiger charge is 1.94. The predicted molar refractivity (Wildman–Crippen MR) is 80.4 cm³/mol. The van der Waals surface area contributed by atoms with E-state index < -0.39 is 0 Å². The second kappa shape index (κ2) is 12.2. The summed E-state index contributed by atoms with van der Waals surface area (Å²) in [7, 11) is 0. The predicted octanol–water partition coefficient (Wildman–Crippen LogP) is 6.37. The van der Waals surface area contributed by atoms with E-state index in [1.807, 2.05) is 0 Å². The third-order valence-corrected chi connectivity index (χ3v) is 3.17. The van der Waals surface area contributed by atoms with Crippen molar-refractivity contribution < 1.29 is 0 Å². The zero-order valence-corrected chi connectivity index (χ0v) is 12.7. The minimum Gasteiger partial charge on any atom is -0.0883 e. The van der Waals surface area contributed by atoms with Gasteiger partial charge in [-0.2, -0.15) is 0 Å². The normalized spacial score (nSPS) is 12.1. The van der Waals surface area contributed by atoms with Crippen LogP contribution in [0.1, 0.15) is 85.5 Å². The largest absolute Gasteiger partial charge is 0.0883 e. The molecule has 0 N–H and O–H groups in total. The first-order valence-corrected chi connectivity index (χ1v) is 7.79. The molecule has 0 spiro atoms. The first-order chi connectivity index (χ1) is 8.13. The number of rotatable bonds is 11. The van der Waals surface area contributed by atoms with Gasteiger partial charge in [-0.25, -0.2) is 0 Å². The van der Waals surface area contributed by atoms with Crippen molar-refractivity contribution in [3.05, 3.63) is 12.2 Å². The van der Waals surface area contributed by atoms with Crippen molar-refractivity contribution in [2.45, 2.75) is 85.5 Å². The molecular formula is C17H34. The van der Waals surface area contributed by atoms with E-state index in [1.54, 1.807) is 0 Å². The van der Waals surface area contributed by atoms with E-state index in [9.17, 15) is 0 Å². The van der Waals surface area contributed by atoms with Crippen molar-refractivity contribution in [2.24, 2.45) is 11.8 Å². The molecule has 0 fully saturated rings. The van der Waals surface area contributed by atoms with Crippen LogP contribution in [-0.2, 0) is 0 Å². The van der Waals surface area contributed by atoms with Crippen LogP contribution in [0.4, 0.5) is 0 Å². The van der Waals surface area contributed by atoms with Gasteiger partial charge in [0, 0.05) is 0 Å². The average Bonchev–Trinajstić information content (AvgIpc) is 2.25. The van der Waals surface area contributed by atoms with Crippen molar-refractivity contribution in [2.75, 3.05) is 0 Å². The van der Waals surface area contributed by atoms with Crippen molar-refractivity contribution in [1.82, 2.24) is 0 Å². The molecule has 0 rings (SSSR count). The Labute approximate surface area is 110 Å². The zero-order chi connectivity index (χ0) is 12.9. The maximum Gasteiger partial charge on any atom is -0.0290 e. The fourth-order valence-electron chi connectivity index (χ4n) is 2.07. The second-order valence-corrected chi connectivity index (χ2v) is 6.12. The Morgan fingerprint density at radius 2 is 1.24 bits per heavy atom. The minimum absolute atomic E-state index is 0.718. The van der Waals surface area contributed by atoms with Gasteiger partial charge in [0.2, 0.25) is 0 Å². The lowest BCUT2D eigenvalue weighted by atomic mass is 10.0. The highest BCUT2D eigenvalue weighted by atomic mass is 14.0. The highest BCUT2D eigenvalue weighted by molar-refractivity contribution is 4.83. The van der Waals surface area contributed by atoms with Crippen LogP contribution in [0.2, 0.25) is 0 Å². The Hall–Kier alpha value is -0.260. The number of hydrogen-bond donors (Lipinski definition) is 0. The Morgan fingerprint density at radius 1 is 0.706 bits per heavy atom. The Balaban J connectivity index is 3.04. The first-order valence-electron chi connectivity index (χ1n) is 7.79. The first kappa shape index (κ1) is 16.7. The molecule has 0 aromatic carbocycles. The molecule has 0 unspecified atom stereocenters. The van der Waals surface area contributed by atoms with Gasteiger partial charge >= 0.3 is 0 Å². The molecule has 0 saturated carbocycles. The smallest absolute Gasteiger partial charge is 0.0290 e. The Morgan fingerprint density at radius 3 is 1.76 bits per heavy atom. The lowest BCUT2D eigenvalue weighted by molar-refractivity contribution is 0.509. The topological polar surface area (TPSA) is 0 Å². The van der Waals surface area contributed by atoms with E-state index in [0.717, 1.165) is 11.8 Å². The van der Waals surface area contributed by atoms with Crippen LogP contribution in [0.25, 0.3) is 0 Å². The summed E-state index contributed by atoms with van der Waals surface area (Å²) in [4.78, 5) is 0.